The first-order valence-corrected chi connectivity index (χ1v) is 10.7. The molecule has 29 heavy (non-hydrogen) atoms. The fourth-order valence-corrected chi connectivity index (χ4v) is 3.23. The minimum Gasteiger partial charge on any atom is -0.286 e. The molecule has 3 rings (SSSR count). The van der Waals surface area contributed by atoms with Crippen LogP contribution in [0.15, 0.2) is 53.6 Å². The van der Waals surface area contributed by atoms with E-state index in [1.165, 1.54) is 0 Å². The van der Waals surface area contributed by atoms with Gasteiger partial charge in [0.15, 0.2) is 0 Å². The summed E-state index contributed by atoms with van der Waals surface area (Å²) in [7, 11) is 0. The minimum absolute atomic E-state index is 0.191. The fraction of sp³-hybridized carbons (Fsp3) is 0.333. The number of benzene rings is 2. The average Bonchev–Trinajstić information content (AvgIpc) is 3.19. The number of nitrogens with one attached hydrogen (secondary N) is 2. The molecule has 0 atom stereocenters. The lowest BCUT2D eigenvalue weighted by atomic mass is 10.2. The lowest BCUT2D eigenvalue weighted by molar-refractivity contribution is -0.115. The van der Waals surface area contributed by atoms with Crippen molar-refractivity contribution in [3.05, 3.63) is 63.6 Å². The number of amides is 1. The van der Waals surface area contributed by atoms with Crippen molar-refractivity contribution in [1.82, 2.24) is 10.9 Å². The van der Waals surface area contributed by atoms with E-state index in [2.05, 4.69) is 22.9 Å². The number of hydrazine groups is 1. The lowest BCUT2D eigenvalue weighted by Crippen LogP contribution is -2.41. The molecule has 1 amide bonds. The van der Waals surface area contributed by atoms with E-state index in [4.69, 9.17) is 34.8 Å². The Kier molecular flexibility index (Phi) is 10.3. The Labute approximate surface area is 187 Å². The van der Waals surface area contributed by atoms with Gasteiger partial charge in [-0.05, 0) is 36.8 Å². The van der Waals surface area contributed by atoms with Crippen LogP contribution in [0.1, 0.15) is 32.6 Å². The van der Waals surface area contributed by atoms with E-state index in [1.807, 2.05) is 30.3 Å². The van der Waals surface area contributed by atoms with Crippen molar-refractivity contribution in [2.24, 2.45) is 5.10 Å². The molecule has 1 heterocycles. The van der Waals surface area contributed by atoms with E-state index < -0.39 is 0 Å². The molecule has 0 aliphatic carbocycles. The number of carbonyl (C=O) groups is 1. The van der Waals surface area contributed by atoms with Gasteiger partial charge in [0.1, 0.15) is 5.71 Å². The normalized spacial score (nSPS) is 12.8. The molecule has 0 unspecified atom stereocenters. The van der Waals surface area contributed by atoms with Gasteiger partial charge in [-0.1, -0.05) is 72.8 Å². The quantitative estimate of drug-likeness (QED) is 0.415. The van der Waals surface area contributed by atoms with Gasteiger partial charge in [0.25, 0.3) is 5.91 Å². The van der Waals surface area contributed by atoms with Gasteiger partial charge in [-0.15, -0.1) is 0 Å². The number of rotatable bonds is 7. The second-order valence-electron chi connectivity index (χ2n) is 6.40. The summed E-state index contributed by atoms with van der Waals surface area (Å²) in [5.41, 5.74) is 6.86. The molecule has 2 aromatic rings. The number of halogens is 3. The number of nitrogens with zero attached hydrogens (tertiary/aromatic N) is 2. The number of carbonyl (C=O) groups excluding carboxylic acids is 1. The highest BCUT2D eigenvalue weighted by molar-refractivity contribution is 6.40. The predicted octanol–water partition coefficient (Wildman–Crippen LogP) is 5.71. The number of anilines is 1. The van der Waals surface area contributed by atoms with Crippen molar-refractivity contribution >= 4 is 52.1 Å². The topological polar surface area (TPSA) is 56.7 Å². The molecule has 0 saturated carbocycles. The first kappa shape index (κ1) is 23.5. The molecule has 1 aliphatic heterocycles. The van der Waals surface area contributed by atoms with Crippen molar-refractivity contribution in [1.29, 1.82) is 0 Å². The van der Waals surface area contributed by atoms with Crippen LogP contribution in [0.5, 0.6) is 0 Å². The Morgan fingerprint density at radius 3 is 2.45 bits per heavy atom. The fourth-order valence-electron chi connectivity index (χ4n) is 2.57. The van der Waals surface area contributed by atoms with Gasteiger partial charge in [-0.25, -0.2) is 5.43 Å². The molecular formula is C21H25Cl3N4O. The second-order valence-corrected chi connectivity index (χ2v) is 7.68. The molecule has 2 N–H and O–H groups in total. The maximum Gasteiger partial charge on any atom is 0.281 e. The third kappa shape index (κ3) is 8.23. The van der Waals surface area contributed by atoms with E-state index in [0.717, 1.165) is 36.5 Å². The number of hydrogen-bond donors (Lipinski definition) is 2. The van der Waals surface area contributed by atoms with Crippen LogP contribution in [-0.2, 0) is 4.79 Å². The van der Waals surface area contributed by atoms with E-state index in [0.29, 0.717) is 28.7 Å². The van der Waals surface area contributed by atoms with Gasteiger partial charge in [0.2, 0.25) is 0 Å². The minimum atomic E-state index is -0.191. The summed E-state index contributed by atoms with van der Waals surface area (Å²) in [6, 6.07) is 14.7. The summed E-state index contributed by atoms with van der Waals surface area (Å²) >= 11 is 17.6. The van der Waals surface area contributed by atoms with Crippen molar-refractivity contribution in [3.63, 3.8) is 0 Å². The maximum absolute atomic E-state index is 12.0. The van der Waals surface area contributed by atoms with Gasteiger partial charge < -0.3 is 0 Å². The Morgan fingerprint density at radius 1 is 1.07 bits per heavy atom. The average molecular weight is 456 g/mol. The SMILES string of the molecule is CCCCCNNC(=O)C1=NN(c2ccc(Cl)cc2Cl)CC1.Clc1ccccc1. The molecular weight excluding hydrogens is 431 g/mol. The van der Waals surface area contributed by atoms with Crippen molar-refractivity contribution in [2.45, 2.75) is 32.6 Å². The van der Waals surface area contributed by atoms with Gasteiger partial charge in [0.05, 0.1) is 10.7 Å². The molecule has 8 heteroatoms. The molecule has 0 saturated heterocycles. The second kappa shape index (κ2) is 12.7. The summed E-state index contributed by atoms with van der Waals surface area (Å²) in [6.07, 6.45) is 3.92. The summed E-state index contributed by atoms with van der Waals surface area (Å²) in [4.78, 5) is 12.0. The monoisotopic (exact) mass is 454 g/mol. The standard InChI is InChI=1S/C15H20Cl2N4O.C6H5Cl/c1-2-3-4-8-18-19-15(22)13-7-9-21(20-13)14-6-5-11(16)10-12(14)17;7-6-4-2-1-3-5-6/h5-6,10,18H,2-4,7-9H2,1H3,(H,19,22);1-5H. The Balaban J connectivity index is 0.000000360. The van der Waals surface area contributed by atoms with E-state index in [-0.39, 0.29) is 5.91 Å². The third-order valence-corrected chi connectivity index (χ3v) is 4.88. The first-order chi connectivity index (χ1) is 14.0. The smallest absolute Gasteiger partial charge is 0.281 e. The molecule has 0 fully saturated rings. The van der Waals surface area contributed by atoms with Gasteiger partial charge in [-0.3, -0.25) is 15.2 Å². The molecule has 5 nitrogen and oxygen atoms in total. The van der Waals surface area contributed by atoms with Gasteiger partial charge in [-0.2, -0.15) is 5.10 Å². The molecule has 0 spiro atoms. The summed E-state index contributed by atoms with van der Waals surface area (Å²) < 4.78 is 0. The lowest BCUT2D eigenvalue weighted by Gasteiger charge is -2.15. The van der Waals surface area contributed by atoms with E-state index in [9.17, 15) is 4.79 Å². The van der Waals surface area contributed by atoms with Crippen LogP contribution in [0.3, 0.4) is 0 Å². The molecule has 156 valence electrons. The number of hydrogen-bond acceptors (Lipinski definition) is 4. The zero-order valence-corrected chi connectivity index (χ0v) is 18.6. The molecule has 0 bridgehead atoms. The van der Waals surface area contributed by atoms with Crippen LogP contribution in [-0.4, -0.2) is 24.7 Å². The van der Waals surface area contributed by atoms with E-state index >= 15 is 0 Å². The molecule has 1 aliphatic rings. The zero-order valence-electron chi connectivity index (χ0n) is 16.3. The van der Waals surface area contributed by atoms with Crippen LogP contribution < -0.4 is 15.9 Å². The number of unbranched alkanes of at least 4 members (excludes halogenated alkanes) is 2. The van der Waals surface area contributed by atoms with Gasteiger partial charge >= 0.3 is 0 Å². The van der Waals surface area contributed by atoms with Crippen LogP contribution in [0.2, 0.25) is 15.1 Å². The van der Waals surface area contributed by atoms with Gasteiger partial charge in [0, 0.05) is 29.6 Å². The summed E-state index contributed by atoms with van der Waals surface area (Å²) in [6.45, 7) is 3.53. The van der Waals surface area contributed by atoms with Crippen molar-refractivity contribution in [2.75, 3.05) is 18.1 Å². The van der Waals surface area contributed by atoms with Crippen LogP contribution >= 0.6 is 34.8 Å². The first-order valence-electron chi connectivity index (χ1n) is 9.55. The summed E-state index contributed by atoms with van der Waals surface area (Å²) in [5, 5.41) is 7.95. The molecule has 0 aromatic heterocycles. The highest BCUT2D eigenvalue weighted by Gasteiger charge is 2.22. The Bertz CT molecular complexity index is 815. The van der Waals surface area contributed by atoms with Crippen LogP contribution in [0.25, 0.3) is 0 Å². The molecule has 0 radical (unpaired) electrons. The third-order valence-electron chi connectivity index (χ3n) is 4.09. The summed E-state index contributed by atoms with van der Waals surface area (Å²) in [5.74, 6) is -0.191. The largest absolute Gasteiger partial charge is 0.286 e. The zero-order chi connectivity index (χ0) is 21.1. The maximum atomic E-state index is 12.0. The van der Waals surface area contributed by atoms with Crippen LogP contribution in [0, 0.1) is 0 Å². The van der Waals surface area contributed by atoms with Crippen molar-refractivity contribution in [3.8, 4) is 0 Å². The highest BCUT2D eigenvalue weighted by Crippen LogP contribution is 2.30. The van der Waals surface area contributed by atoms with E-state index in [1.54, 1.807) is 23.2 Å². The predicted molar refractivity (Wildman–Crippen MR) is 123 cm³/mol. The highest BCUT2D eigenvalue weighted by atomic mass is 35.5. The molecule has 2 aromatic carbocycles. The van der Waals surface area contributed by atoms with Crippen LogP contribution in [0.4, 0.5) is 5.69 Å². The Morgan fingerprint density at radius 2 is 1.83 bits per heavy atom. The number of hydrazone groups is 1. The Hall–Kier alpha value is -1.79. The van der Waals surface area contributed by atoms with Crippen molar-refractivity contribution < 1.29 is 4.79 Å².